The lowest BCUT2D eigenvalue weighted by Gasteiger charge is -2.25. The second kappa shape index (κ2) is 7.09. The molecule has 24 heavy (non-hydrogen) atoms. The van der Waals surface area contributed by atoms with Crippen molar-refractivity contribution in [3.05, 3.63) is 52.8 Å². The maximum absolute atomic E-state index is 12.6. The van der Waals surface area contributed by atoms with Crippen molar-refractivity contribution in [1.29, 1.82) is 0 Å². The van der Waals surface area contributed by atoms with Crippen molar-refractivity contribution in [3.8, 4) is 11.5 Å². The summed E-state index contributed by atoms with van der Waals surface area (Å²) in [5.74, 6) is 1.15. The monoisotopic (exact) mass is 346 g/mol. The molecule has 0 spiro atoms. The standard InChI is InChI=1S/C18H19ClN2O3/c1-12(14-4-3-5-20-11-14)21(2)17(22)10-13-8-15(19)18-16(9-13)23-6-7-24-18/h3-5,8-9,11-12H,6-7,10H2,1-2H3. The minimum atomic E-state index is -0.0566. The molecule has 2 aromatic rings. The van der Waals surface area contributed by atoms with Crippen molar-refractivity contribution >= 4 is 17.5 Å². The fraction of sp³-hybridized carbons (Fsp3) is 0.333. The van der Waals surface area contributed by atoms with Crippen molar-refractivity contribution in [2.45, 2.75) is 19.4 Å². The Morgan fingerprint density at radius 3 is 2.92 bits per heavy atom. The Bertz CT molecular complexity index is 737. The molecule has 0 saturated heterocycles. The summed E-state index contributed by atoms with van der Waals surface area (Å²) in [7, 11) is 1.79. The van der Waals surface area contributed by atoms with Crippen LogP contribution < -0.4 is 9.47 Å². The molecule has 2 heterocycles. The highest BCUT2D eigenvalue weighted by atomic mass is 35.5. The summed E-state index contributed by atoms with van der Waals surface area (Å²) in [6, 6.07) is 7.35. The first-order valence-corrected chi connectivity index (χ1v) is 8.17. The van der Waals surface area contributed by atoms with E-state index < -0.39 is 0 Å². The molecule has 1 aliphatic rings. The third kappa shape index (κ3) is 3.46. The molecule has 1 aliphatic heterocycles. The molecule has 5 nitrogen and oxygen atoms in total. The highest BCUT2D eigenvalue weighted by Gasteiger charge is 2.21. The van der Waals surface area contributed by atoms with E-state index in [1.54, 1.807) is 30.4 Å². The number of amides is 1. The van der Waals surface area contributed by atoms with Gasteiger partial charge in [0.05, 0.1) is 17.5 Å². The van der Waals surface area contributed by atoms with Gasteiger partial charge in [0.15, 0.2) is 11.5 Å². The Morgan fingerprint density at radius 1 is 1.38 bits per heavy atom. The van der Waals surface area contributed by atoms with E-state index in [9.17, 15) is 4.79 Å². The fourth-order valence-electron chi connectivity index (χ4n) is 2.63. The zero-order valence-electron chi connectivity index (χ0n) is 13.7. The van der Waals surface area contributed by atoms with Crippen LogP contribution in [0.1, 0.15) is 24.1 Å². The van der Waals surface area contributed by atoms with E-state index in [2.05, 4.69) is 4.98 Å². The van der Waals surface area contributed by atoms with Crippen molar-refractivity contribution in [2.24, 2.45) is 0 Å². The molecule has 0 aliphatic carbocycles. The Hall–Kier alpha value is -2.27. The molecule has 0 bridgehead atoms. The second-order valence-corrected chi connectivity index (χ2v) is 6.15. The van der Waals surface area contributed by atoms with E-state index in [-0.39, 0.29) is 18.4 Å². The van der Waals surface area contributed by atoms with Crippen LogP contribution in [0, 0.1) is 0 Å². The minimum Gasteiger partial charge on any atom is -0.486 e. The average molecular weight is 347 g/mol. The predicted octanol–water partition coefficient (Wildman–Crippen LogP) is 3.27. The maximum atomic E-state index is 12.6. The number of halogens is 1. The molecule has 3 rings (SSSR count). The number of pyridine rings is 1. The van der Waals surface area contributed by atoms with Gasteiger partial charge in [0.25, 0.3) is 0 Å². The molecule has 1 aromatic carbocycles. The lowest BCUT2D eigenvalue weighted by molar-refractivity contribution is -0.131. The first-order valence-electron chi connectivity index (χ1n) is 7.80. The minimum absolute atomic E-state index is 0.000836. The van der Waals surface area contributed by atoms with E-state index in [4.69, 9.17) is 21.1 Å². The molecule has 1 aromatic heterocycles. The molecule has 126 valence electrons. The van der Waals surface area contributed by atoms with Gasteiger partial charge in [0.2, 0.25) is 5.91 Å². The molecule has 0 N–H and O–H groups in total. The van der Waals surface area contributed by atoms with Gasteiger partial charge < -0.3 is 14.4 Å². The smallest absolute Gasteiger partial charge is 0.227 e. The van der Waals surface area contributed by atoms with Gasteiger partial charge in [-0.05, 0) is 36.2 Å². The largest absolute Gasteiger partial charge is 0.486 e. The molecular weight excluding hydrogens is 328 g/mol. The van der Waals surface area contributed by atoms with Crippen LogP contribution in [0.2, 0.25) is 5.02 Å². The number of hydrogen-bond donors (Lipinski definition) is 0. The number of nitrogens with zero attached hydrogens (tertiary/aromatic N) is 2. The number of aromatic nitrogens is 1. The summed E-state index contributed by atoms with van der Waals surface area (Å²) in [6.07, 6.45) is 3.74. The SMILES string of the molecule is CC(c1cccnc1)N(C)C(=O)Cc1cc(Cl)c2c(c1)OCCO2. The molecular formula is C18H19ClN2O3. The highest BCUT2D eigenvalue weighted by molar-refractivity contribution is 6.32. The molecule has 0 radical (unpaired) electrons. The van der Waals surface area contributed by atoms with E-state index in [0.717, 1.165) is 11.1 Å². The van der Waals surface area contributed by atoms with Crippen molar-refractivity contribution in [3.63, 3.8) is 0 Å². The second-order valence-electron chi connectivity index (χ2n) is 5.75. The van der Waals surface area contributed by atoms with Gasteiger partial charge in [-0.3, -0.25) is 9.78 Å². The van der Waals surface area contributed by atoms with Crippen LogP contribution in [0.15, 0.2) is 36.7 Å². The number of fused-ring (bicyclic) bond motifs is 1. The molecule has 6 heteroatoms. The lowest BCUT2D eigenvalue weighted by Crippen LogP contribution is -2.31. The van der Waals surface area contributed by atoms with E-state index in [1.807, 2.05) is 25.1 Å². The number of benzene rings is 1. The summed E-state index contributed by atoms with van der Waals surface area (Å²) < 4.78 is 11.1. The first-order chi connectivity index (χ1) is 11.6. The van der Waals surface area contributed by atoms with Crippen LogP contribution in [0.3, 0.4) is 0 Å². The summed E-state index contributed by atoms with van der Waals surface area (Å²) in [4.78, 5) is 18.4. The molecule has 1 atom stereocenters. The van der Waals surface area contributed by atoms with E-state index in [0.29, 0.717) is 29.7 Å². The average Bonchev–Trinajstić information content (AvgIpc) is 2.61. The fourth-order valence-corrected chi connectivity index (χ4v) is 2.92. The van der Waals surface area contributed by atoms with E-state index in [1.165, 1.54) is 0 Å². The number of carbonyl (C=O) groups excluding carboxylic acids is 1. The highest BCUT2D eigenvalue weighted by Crippen LogP contribution is 2.38. The number of hydrogen-bond acceptors (Lipinski definition) is 4. The Balaban J connectivity index is 1.73. The van der Waals surface area contributed by atoms with Crippen LogP contribution in [-0.4, -0.2) is 36.1 Å². The van der Waals surface area contributed by atoms with Gasteiger partial charge in [-0.2, -0.15) is 0 Å². The third-order valence-corrected chi connectivity index (χ3v) is 4.43. The Labute approximate surface area is 146 Å². The van der Waals surface area contributed by atoms with Gasteiger partial charge >= 0.3 is 0 Å². The maximum Gasteiger partial charge on any atom is 0.227 e. The number of carbonyl (C=O) groups is 1. The van der Waals surface area contributed by atoms with Crippen LogP contribution in [0.25, 0.3) is 0 Å². The van der Waals surface area contributed by atoms with Crippen molar-refractivity contribution < 1.29 is 14.3 Å². The Morgan fingerprint density at radius 2 is 2.17 bits per heavy atom. The van der Waals surface area contributed by atoms with Gasteiger partial charge in [0.1, 0.15) is 13.2 Å². The van der Waals surface area contributed by atoms with Crippen LogP contribution in [0.4, 0.5) is 0 Å². The zero-order chi connectivity index (χ0) is 17.1. The van der Waals surface area contributed by atoms with Crippen LogP contribution in [0.5, 0.6) is 11.5 Å². The van der Waals surface area contributed by atoms with Crippen molar-refractivity contribution in [1.82, 2.24) is 9.88 Å². The summed E-state index contributed by atoms with van der Waals surface area (Å²) in [6.45, 7) is 2.95. The van der Waals surface area contributed by atoms with Gasteiger partial charge in [-0.1, -0.05) is 17.7 Å². The van der Waals surface area contributed by atoms with Crippen LogP contribution in [-0.2, 0) is 11.2 Å². The molecule has 0 fully saturated rings. The first kappa shape index (κ1) is 16.6. The van der Waals surface area contributed by atoms with E-state index >= 15 is 0 Å². The molecule has 0 saturated carbocycles. The quantitative estimate of drug-likeness (QED) is 0.852. The van der Waals surface area contributed by atoms with Crippen LogP contribution >= 0.6 is 11.6 Å². The molecule has 1 unspecified atom stereocenters. The number of likely N-dealkylation sites (N-methyl/N-ethyl adjacent to an activating group) is 1. The topological polar surface area (TPSA) is 51.7 Å². The zero-order valence-corrected chi connectivity index (χ0v) is 14.4. The predicted molar refractivity (Wildman–Crippen MR) is 91.6 cm³/mol. The summed E-state index contributed by atoms with van der Waals surface area (Å²) >= 11 is 6.23. The van der Waals surface area contributed by atoms with Crippen molar-refractivity contribution in [2.75, 3.05) is 20.3 Å². The van der Waals surface area contributed by atoms with Gasteiger partial charge in [0, 0.05) is 19.4 Å². The van der Waals surface area contributed by atoms with Gasteiger partial charge in [-0.25, -0.2) is 0 Å². The summed E-state index contributed by atoms with van der Waals surface area (Å²) in [5, 5.41) is 0.470. The molecule has 1 amide bonds. The number of ether oxygens (including phenoxy) is 2. The Kier molecular flexibility index (Phi) is 4.90. The number of rotatable bonds is 4. The van der Waals surface area contributed by atoms with Gasteiger partial charge in [-0.15, -0.1) is 0 Å². The lowest BCUT2D eigenvalue weighted by atomic mass is 10.1. The normalized spacial score (nSPS) is 14.1. The summed E-state index contributed by atoms with van der Waals surface area (Å²) in [5.41, 5.74) is 1.80. The third-order valence-electron chi connectivity index (χ3n) is 4.15.